The van der Waals surface area contributed by atoms with Crippen molar-refractivity contribution in [2.75, 3.05) is 11.9 Å². The van der Waals surface area contributed by atoms with Crippen LogP contribution in [0.15, 0.2) is 40.9 Å². The Bertz CT molecular complexity index is 722. The van der Waals surface area contributed by atoms with Crippen molar-refractivity contribution in [2.24, 2.45) is 0 Å². The molecule has 1 N–H and O–H groups in total. The highest BCUT2D eigenvalue weighted by molar-refractivity contribution is 5.95. The molecule has 7 nitrogen and oxygen atoms in total. The van der Waals surface area contributed by atoms with Crippen LogP contribution in [0.25, 0.3) is 0 Å². The summed E-state index contributed by atoms with van der Waals surface area (Å²) in [6.07, 6.45) is 0.707. The third-order valence-corrected chi connectivity index (χ3v) is 3.89. The van der Waals surface area contributed by atoms with Gasteiger partial charge in [-0.3, -0.25) is 9.59 Å². The molecule has 1 aliphatic heterocycles. The molecule has 132 valence electrons. The maximum absolute atomic E-state index is 12.6. The molecule has 0 radical (unpaired) electrons. The Morgan fingerprint density at radius 1 is 1.36 bits per heavy atom. The van der Waals surface area contributed by atoms with Gasteiger partial charge in [0, 0.05) is 18.2 Å². The number of hydrogen-bond acceptors (Lipinski definition) is 6. The Morgan fingerprint density at radius 3 is 2.80 bits per heavy atom. The van der Waals surface area contributed by atoms with Gasteiger partial charge in [0.25, 0.3) is 5.91 Å². The number of benzene rings is 1. The van der Waals surface area contributed by atoms with Crippen LogP contribution in [0.2, 0.25) is 0 Å². The normalized spacial score (nSPS) is 17.9. The smallest absolute Gasteiger partial charge is 0.309 e. The number of amides is 1. The molecule has 2 heterocycles. The first-order valence-electron chi connectivity index (χ1n) is 8.22. The van der Waals surface area contributed by atoms with Crippen LogP contribution < -0.4 is 5.32 Å². The molecular weight excluding hydrogens is 324 g/mol. The highest BCUT2D eigenvalue weighted by Gasteiger charge is 2.28. The zero-order valence-corrected chi connectivity index (χ0v) is 13.9. The van der Waals surface area contributed by atoms with E-state index in [1.165, 1.54) is 0 Å². The zero-order valence-electron chi connectivity index (χ0n) is 13.9. The molecule has 25 heavy (non-hydrogen) atoms. The summed E-state index contributed by atoms with van der Waals surface area (Å²) < 4.78 is 15.8. The Labute approximate surface area is 145 Å². The molecular formula is C18H20N2O5. The van der Waals surface area contributed by atoms with Crippen LogP contribution in [-0.4, -0.2) is 29.7 Å². The number of anilines is 1. The third kappa shape index (κ3) is 4.67. The van der Waals surface area contributed by atoms with Crippen LogP contribution in [0.1, 0.15) is 36.7 Å². The standard InChI is InChI=1S/C18H20N2O5/c1-12-10-15(20-25-12)19-18(22)17(13-6-3-2-4-7-13)24-16(21)11-14-8-5-9-23-14/h2-4,6-7,10,14,17H,5,8-9,11H2,1H3,(H,19,20,22)/t14-,17-/m0/s1. The topological polar surface area (TPSA) is 90.7 Å². The summed E-state index contributed by atoms with van der Waals surface area (Å²) in [4.78, 5) is 24.8. The maximum atomic E-state index is 12.6. The molecule has 1 fully saturated rings. The minimum absolute atomic E-state index is 0.134. The summed E-state index contributed by atoms with van der Waals surface area (Å²) in [7, 11) is 0. The van der Waals surface area contributed by atoms with E-state index in [9.17, 15) is 9.59 Å². The largest absolute Gasteiger partial charge is 0.447 e. The molecule has 1 aromatic carbocycles. The lowest BCUT2D eigenvalue weighted by Crippen LogP contribution is -2.27. The van der Waals surface area contributed by atoms with Crippen molar-refractivity contribution in [3.8, 4) is 0 Å². The maximum Gasteiger partial charge on any atom is 0.309 e. The molecule has 1 aliphatic rings. The van der Waals surface area contributed by atoms with Crippen LogP contribution in [0, 0.1) is 6.92 Å². The highest BCUT2D eigenvalue weighted by Crippen LogP contribution is 2.23. The first-order valence-corrected chi connectivity index (χ1v) is 8.22. The molecule has 0 saturated carbocycles. The molecule has 0 bridgehead atoms. The average Bonchev–Trinajstić information content (AvgIpc) is 3.25. The lowest BCUT2D eigenvalue weighted by atomic mass is 10.1. The number of nitrogens with one attached hydrogen (secondary N) is 1. The Kier molecular flexibility index (Phi) is 5.45. The highest BCUT2D eigenvalue weighted by atomic mass is 16.6. The quantitative estimate of drug-likeness (QED) is 0.810. The van der Waals surface area contributed by atoms with Crippen molar-refractivity contribution >= 4 is 17.7 Å². The number of nitrogens with zero attached hydrogens (tertiary/aromatic N) is 1. The molecule has 0 spiro atoms. The van der Waals surface area contributed by atoms with Crippen molar-refractivity contribution in [3.63, 3.8) is 0 Å². The average molecular weight is 344 g/mol. The van der Waals surface area contributed by atoms with E-state index in [1.807, 2.05) is 6.07 Å². The summed E-state index contributed by atoms with van der Waals surface area (Å²) >= 11 is 0. The van der Waals surface area contributed by atoms with Gasteiger partial charge in [0.15, 0.2) is 5.82 Å². The second-order valence-corrected chi connectivity index (χ2v) is 5.93. The fourth-order valence-electron chi connectivity index (χ4n) is 2.69. The van der Waals surface area contributed by atoms with E-state index in [1.54, 1.807) is 37.3 Å². The van der Waals surface area contributed by atoms with Gasteiger partial charge in [-0.05, 0) is 19.8 Å². The number of carbonyl (C=O) groups excluding carboxylic acids is 2. The lowest BCUT2D eigenvalue weighted by molar-refractivity contribution is -0.156. The van der Waals surface area contributed by atoms with Gasteiger partial charge >= 0.3 is 5.97 Å². The number of rotatable bonds is 6. The number of aromatic nitrogens is 1. The van der Waals surface area contributed by atoms with Gasteiger partial charge in [-0.1, -0.05) is 35.5 Å². The lowest BCUT2D eigenvalue weighted by Gasteiger charge is -2.18. The first-order chi connectivity index (χ1) is 12.1. The molecule has 2 atom stereocenters. The number of esters is 1. The fourth-order valence-corrected chi connectivity index (χ4v) is 2.69. The minimum atomic E-state index is -1.06. The summed E-state index contributed by atoms with van der Waals surface area (Å²) in [5, 5.41) is 6.33. The number of aryl methyl sites for hydroxylation is 1. The molecule has 1 aromatic heterocycles. The fraction of sp³-hybridized carbons (Fsp3) is 0.389. The van der Waals surface area contributed by atoms with Crippen molar-refractivity contribution in [3.05, 3.63) is 47.7 Å². The first kappa shape index (κ1) is 17.2. The molecule has 3 rings (SSSR count). The summed E-state index contributed by atoms with van der Waals surface area (Å²) in [5.41, 5.74) is 0.584. The SMILES string of the molecule is Cc1cc(NC(=O)[C@@H](OC(=O)C[C@@H]2CCCO2)c2ccccc2)no1. The van der Waals surface area contributed by atoms with Gasteiger partial charge in [-0.2, -0.15) is 0 Å². The van der Waals surface area contributed by atoms with E-state index in [0.29, 0.717) is 17.9 Å². The van der Waals surface area contributed by atoms with Gasteiger partial charge < -0.3 is 19.3 Å². The van der Waals surface area contributed by atoms with E-state index in [-0.39, 0.29) is 18.3 Å². The molecule has 1 amide bonds. The van der Waals surface area contributed by atoms with Gasteiger partial charge in [0.1, 0.15) is 5.76 Å². The summed E-state index contributed by atoms with van der Waals surface area (Å²) in [6, 6.07) is 10.4. The minimum Gasteiger partial charge on any atom is -0.447 e. The van der Waals surface area contributed by atoms with Gasteiger partial charge in [0.2, 0.25) is 6.10 Å². The van der Waals surface area contributed by atoms with Gasteiger partial charge in [-0.25, -0.2) is 0 Å². The van der Waals surface area contributed by atoms with Crippen LogP contribution in [0.3, 0.4) is 0 Å². The molecule has 0 unspecified atom stereocenters. The van der Waals surface area contributed by atoms with Crippen molar-refractivity contribution in [2.45, 2.75) is 38.4 Å². The van der Waals surface area contributed by atoms with Crippen molar-refractivity contribution < 1.29 is 23.6 Å². The van der Waals surface area contributed by atoms with E-state index >= 15 is 0 Å². The van der Waals surface area contributed by atoms with Crippen LogP contribution in [0.5, 0.6) is 0 Å². The van der Waals surface area contributed by atoms with E-state index in [4.69, 9.17) is 14.0 Å². The van der Waals surface area contributed by atoms with Gasteiger partial charge in [0.05, 0.1) is 12.5 Å². The predicted octanol–water partition coefficient (Wildman–Crippen LogP) is 2.78. The van der Waals surface area contributed by atoms with E-state index in [2.05, 4.69) is 10.5 Å². The summed E-state index contributed by atoms with van der Waals surface area (Å²) in [5.74, 6) is -0.104. The Morgan fingerprint density at radius 2 is 2.16 bits per heavy atom. The number of carbonyl (C=O) groups is 2. The molecule has 0 aliphatic carbocycles. The third-order valence-electron chi connectivity index (χ3n) is 3.89. The Balaban J connectivity index is 1.70. The number of hydrogen-bond donors (Lipinski definition) is 1. The second-order valence-electron chi connectivity index (χ2n) is 5.93. The zero-order chi connectivity index (χ0) is 17.6. The molecule has 1 saturated heterocycles. The monoisotopic (exact) mass is 344 g/mol. The van der Waals surface area contributed by atoms with Crippen molar-refractivity contribution in [1.29, 1.82) is 0 Å². The number of ether oxygens (including phenoxy) is 2. The van der Waals surface area contributed by atoms with E-state index in [0.717, 1.165) is 12.8 Å². The van der Waals surface area contributed by atoms with E-state index < -0.39 is 18.0 Å². The van der Waals surface area contributed by atoms with Crippen LogP contribution >= 0.6 is 0 Å². The predicted molar refractivity (Wildman–Crippen MR) is 88.7 cm³/mol. The summed E-state index contributed by atoms with van der Waals surface area (Å²) in [6.45, 7) is 2.38. The molecule has 7 heteroatoms. The van der Waals surface area contributed by atoms with Crippen LogP contribution in [-0.2, 0) is 19.1 Å². The van der Waals surface area contributed by atoms with Gasteiger partial charge in [-0.15, -0.1) is 0 Å². The van der Waals surface area contributed by atoms with Crippen LogP contribution in [0.4, 0.5) is 5.82 Å². The second kappa shape index (κ2) is 7.94. The van der Waals surface area contributed by atoms with Crippen molar-refractivity contribution in [1.82, 2.24) is 5.16 Å². The molecule has 2 aromatic rings. The Hall–Kier alpha value is -2.67.